The average Bonchev–Trinajstić information content (AvgIpc) is 3.19. The number of methoxy groups -OCH3 is 1. The molecule has 0 spiro atoms. The van der Waals surface area contributed by atoms with E-state index in [-0.39, 0.29) is 17.9 Å². The van der Waals surface area contributed by atoms with Crippen molar-refractivity contribution in [2.45, 2.75) is 32.7 Å². The first-order chi connectivity index (χ1) is 13.5. The number of anilines is 1. The number of ketones is 1. The highest BCUT2D eigenvalue weighted by atomic mass is 16.5. The van der Waals surface area contributed by atoms with Gasteiger partial charge in [-0.1, -0.05) is 12.1 Å². The molecule has 6 nitrogen and oxygen atoms in total. The van der Waals surface area contributed by atoms with Crippen LogP contribution >= 0.6 is 0 Å². The average molecular weight is 382 g/mol. The van der Waals surface area contributed by atoms with Crippen molar-refractivity contribution in [3.05, 3.63) is 53.6 Å². The lowest BCUT2D eigenvalue weighted by atomic mass is 10.0. The number of urea groups is 1. The number of nitrogens with one attached hydrogen (secondary N) is 1. The van der Waals surface area contributed by atoms with Crippen LogP contribution < -0.4 is 14.8 Å². The van der Waals surface area contributed by atoms with Gasteiger partial charge in [0.2, 0.25) is 0 Å². The molecule has 0 bridgehead atoms. The second-order valence-corrected chi connectivity index (χ2v) is 6.76. The first-order valence-electron chi connectivity index (χ1n) is 9.52. The SMILES string of the molecule is CCOc1ccc(C(C)=O)cc1NC(=O)N1CCCC1c1cccc(OC)c1. The minimum absolute atomic E-state index is 0.0124. The summed E-state index contributed by atoms with van der Waals surface area (Å²) in [6, 6.07) is 12.7. The van der Waals surface area contributed by atoms with Crippen LogP contribution in [0.1, 0.15) is 48.7 Å². The Bertz CT molecular complexity index is 865. The monoisotopic (exact) mass is 382 g/mol. The second kappa shape index (κ2) is 8.78. The number of amides is 2. The van der Waals surface area contributed by atoms with Crippen molar-refractivity contribution in [2.75, 3.05) is 25.6 Å². The quantitative estimate of drug-likeness (QED) is 0.738. The first kappa shape index (κ1) is 19.7. The van der Waals surface area contributed by atoms with Gasteiger partial charge in [-0.25, -0.2) is 4.79 Å². The minimum Gasteiger partial charge on any atom is -0.497 e. The molecule has 1 fully saturated rings. The van der Waals surface area contributed by atoms with E-state index in [4.69, 9.17) is 9.47 Å². The fourth-order valence-corrected chi connectivity index (χ4v) is 3.52. The van der Waals surface area contributed by atoms with E-state index in [0.717, 1.165) is 24.2 Å². The molecule has 148 valence electrons. The molecule has 0 saturated carbocycles. The topological polar surface area (TPSA) is 67.9 Å². The van der Waals surface area contributed by atoms with Gasteiger partial charge in [0.1, 0.15) is 11.5 Å². The Balaban J connectivity index is 1.83. The fourth-order valence-electron chi connectivity index (χ4n) is 3.52. The van der Waals surface area contributed by atoms with Crippen molar-refractivity contribution in [1.29, 1.82) is 0 Å². The summed E-state index contributed by atoms with van der Waals surface area (Å²) < 4.78 is 10.9. The largest absolute Gasteiger partial charge is 0.497 e. The summed E-state index contributed by atoms with van der Waals surface area (Å²) >= 11 is 0. The maximum absolute atomic E-state index is 13.0. The van der Waals surface area contributed by atoms with E-state index in [1.54, 1.807) is 25.3 Å². The fraction of sp³-hybridized carbons (Fsp3) is 0.364. The Morgan fingerprint density at radius 1 is 1.21 bits per heavy atom. The van der Waals surface area contributed by atoms with Gasteiger partial charge in [0.25, 0.3) is 0 Å². The molecule has 1 heterocycles. The number of hydrogen-bond acceptors (Lipinski definition) is 4. The number of carbonyl (C=O) groups excluding carboxylic acids is 2. The van der Waals surface area contributed by atoms with Crippen molar-refractivity contribution < 1.29 is 19.1 Å². The van der Waals surface area contributed by atoms with E-state index in [1.807, 2.05) is 36.1 Å². The van der Waals surface area contributed by atoms with Crippen molar-refractivity contribution in [2.24, 2.45) is 0 Å². The zero-order chi connectivity index (χ0) is 20.1. The highest BCUT2D eigenvalue weighted by molar-refractivity contribution is 5.98. The summed E-state index contributed by atoms with van der Waals surface area (Å²) in [4.78, 5) is 26.6. The van der Waals surface area contributed by atoms with Crippen LogP contribution in [0.15, 0.2) is 42.5 Å². The van der Waals surface area contributed by atoms with Crippen LogP contribution in [-0.4, -0.2) is 37.0 Å². The lowest BCUT2D eigenvalue weighted by molar-refractivity contribution is 0.101. The molecule has 1 aliphatic rings. The lowest BCUT2D eigenvalue weighted by Crippen LogP contribution is -2.34. The number of likely N-dealkylation sites (tertiary alicyclic amines) is 1. The zero-order valence-electron chi connectivity index (χ0n) is 16.5. The highest BCUT2D eigenvalue weighted by Gasteiger charge is 2.30. The Kier molecular flexibility index (Phi) is 6.19. The molecule has 3 rings (SSSR count). The van der Waals surface area contributed by atoms with E-state index in [0.29, 0.717) is 30.2 Å². The summed E-state index contributed by atoms with van der Waals surface area (Å²) in [5.74, 6) is 1.27. The van der Waals surface area contributed by atoms with Gasteiger partial charge in [-0.2, -0.15) is 0 Å². The molecule has 1 saturated heterocycles. The van der Waals surface area contributed by atoms with Gasteiger partial charge in [-0.15, -0.1) is 0 Å². The van der Waals surface area contributed by atoms with Gasteiger partial charge in [-0.05, 0) is 62.6 Å². The Morgan fingerprint density at radius 2 is 2.04 bits per heavy atom. The minimum atomic E-state index is -0.202. The highest BCUT2D eigenvalue weighted by Crippen LogP contribution is 2.35. The molecule has 0 aliphatic carbocycles. The van der Waals surface area contributed by atoms with E-state index >= 15 is 0 Å². The standard InChI is InChI=1S/C22H26N2O4/c1-4-28-21-11-10-16(15(2)25)14-19(21)23-22(26)24-12-6-9-20(24)17-7-5-8-18(13-17)27-3/h5,7-8,10-11,13-14,20H,4,6,9,12H2,1-3H3,(H,23,26). The Morgan fingerprint density at radius 3 is 2.75 bits per heavy atom. The van der Waals surface area contributed by atoms with Gasteiger partial charge < -0.3 is 19.7 Å². The van der Waals surface area contributed by atoms with Crippen molar-refractivity contribution in [3.63, 3.8) is 0 Å². The summed E-state index contributed by atoms with van der Waals surface area (Å²) in [6.45, 7) is 4.52. The van der Waals surface area contributed by atoms with Crippen molar-refractivity contribution in [1.82, 2.24) is 4.90 Å². The molecule has 2 amide bonds. The molecular formula is C22H26N2O4. The van der Waals surface area contributed by atoms with Crippen LogP contribution in [0.3, 0.4) is 0 Å². The third kappa shape index (κ3) is 4.27. The first-order valence-corrected chi connectivity index (χ1v) is 9.52. The summed E-state index contributed by atoms with van der Waals surface area (Å²) in [6.07, 6.45) is 1.83. The number of nitrogens with zero attached hydrogens (tertiary/aromatic N) is 1. The van der Waals surface area contributed by atoms with Crippen molar-refractivity contribution in [3.8, 4) is 11.5 Å². The van der Waals surface area contributed by atoms with Gasteiger partial charge in [0, 0.05) is 12.1 Å². The summed E-state index contributed by atoms with van der Waals surface area (Å²) in [5.41, 5.74) is 2.09. The molecule has 6 heteroatoms. The molecule has 1 atom stereocenters. The van der Waals surface area contributed by atoms with Crippen LogP contribution in [-0.2, 0) is 0 Å². The summed E-state index contributed by atoms with van der Waals surface area (Å²) in [7, 11) is 1.63. The van der Waals surface area contributed by atoms with Gasteiger partial charge in [0.05, 0.1) is 25.4 Å². The van der Waals surface area contributed by atoms with Crippen LogP contribution in [0.25, 0.3) is 0 Å². The molecule has 1 unspecified atom stereocenters. The third-order valence-corrected chi connectivity index (χ3v) is 4.92. The zero-order valence-corrected chi connectivity index (χ0v) is 16.5. The lowest BCUT2D eigenvalue weighted by Gasteiger charge is -2.26. The Hall–Kier alpha value is -3.02. The molecule has 28 heavy (non-hydrogen) atoms. The third-order valence-electron chi connectivity index (χ3n) is 4.92. The Labute approximate surface area is 165 Å². The number of hydrogen-bond donors (Lipinski definition) is 1. The normalized spacial score (nSPS) is 16.0. The number of benzene rings is 2. The number of Topliss-reactive ketones (excluding diaryl/α,β-unsaturated/α-hetero) is 1. The maximum atomic E-state index is 13.0. The van der Waals surface area contributed by atoms with Crippen molar-refractivity contribution >= 4 is 17.5 Å². The maximum Gasteiger partial charge on any atom is 0.322 e. The number of carbonyl (C=O) groups is 2. The van der Waals surface area contributed by atoms with Gasteiger partial charge >= 0.3 is 6.03 Å². The van der Waals surface area contributed by atoms with E-state index in [2.05, 4.69) is 5.32 Å². The molecule has 0 radical (unpaired) electrons. The molecule has 1 N–H and O–H groups in total. The molecule has 0 aromatic heterocycles. The second-order valence-electron chi connectivity index (χ2n) is 6.76. The smallest absolute Gasteiger partial charge is 0.322 e. The molecular weight excluding hydrogens is 356 g/mol. The van der Waals surface area contributed by atoms with E-state index in [1.165, 1.54) is 6.92 Å². The molecule has 1 aliphatic heterocycles. The molecule has 2 aromatic rings. The van der Waals surface area contributed by atoms with Gasteiger partial charge in [-0.3, -0.25) is 4.79 Å². The molecule has 2 aromatic carbocycles. The van der Waals surface area contributed by atoms with Crippen LogP contribution in [0.5, 0.6) is 11.5 Å². The van der Waals surface area contributed by atoms with Gasteiger partial charge in [0.15, 0.2) is 5.78 Å². The van der Waals surface area contributed by atoms with Crippen LogP contribution in [0.4, 0.5) is 10.5 Å². The number of rotatable bonds is 6. The van der Waals surface area contributed by atoms with E-state index in [9.17, 15) is 9.59 Å². The number of ether oxygens (including phenoxy) is 2. The van der Waals surface area contributed by atoms with Crippen LogP contribution in [0.2, 0.25) is 0 Å². The summed E-state index contributed by atoms with van der Waals surface area (Å²) in [5, 5.41) is 2.94. The predicted octanol–water partition coefficient (Wildman–Crippen LogP) is 4.67. The predicted molar refractivity (Wildman–Crippen MR) is 108 cm³/mol. The van der Waals surface area contributed by atoms with E-state index < -0.39 is 0 Å². The van der Waals surface area contributed by atoms with Crippen LogP contribution in [0, 0.1) is 0 Å².